The number of aryl methyl sites for hydroxylation is 1. The summed E-state index contributed by atoms with van der Waals surface area (Å²) in [5, 5.41) is 5.57. The van der Waals surface area contributed by atoms with E-state index in [4.69, 9.17) is 27.9 Å². The standard InChI is InChI=1S/C17H21Cl2N3O/c1-3-22-12(2)14(9-20-22)10-21-6-7-23-17(11-21)13-4-5-15(18)16(19)8-13/h4-5,8-9,17H,3,6-7,10-11H2,1-2H3/t17-/m0/s1. The van der Waals surface area contributed by atoms with E-state index in [1.807, 2.05) is 29.1 Å². The van der Waals surface area contributed by atoms with Crippen molar-refractivity contribution in [2.45, 2.75) is 33.0 Å². The van der Waals surface area contributed by atoms with Gasteiger partial charge in [-0.05, 0) is 31.5 Å². The van der Waals surface area contributed by atoms with Crippen molar-refractivity contribution in [1.29, 1.82) is 0 Å². The molecule has 0 bridgehead atoms. The highest BCUT2D eigenvalue weighted by Crippen LogP contribution is 2.29. The van der Waals surface area contributed by atoms with Crippen LogP contribution in [-0.4, -0.2) is 34.4 Å². The van der Waals surface area contributed by atoms with Crippen molar-refractivity contribution in [3.05, 3.63) is 51.3 Å². The average molecular weight is 354 g/mol. The molecule has 1 aliphatic rings. The minimum atomic E-state index is 0.0278. The first-order chi connectivity index (χ1) is 11.1. The fraction of sp³-hybridized carbons (Fsp3) is 0.471. The number of halogens is 2. The molecule has 0 unspecified atom stereocenters. The Balaban J connectivity index is 1.70. The van der Waals surface area contributed by atoms with Gasteiger partial charge in [0.05, 0.1) is 29.0 Å². The molecule has 3 rings (SSSR count). The van der Waals surface area contributed by atoms with Crippen LogP contribution in [0.15, 0.2) is 24.4 Å². The summed E-state index contributed by atoms with van der Waals surface area (Å²) in [5.41, 5.74) is 3.59. The molecule has 2 heterocycles. The Morgan fingerprint density at radius 1 is 1.30 bits per heavy atom. The Morgan fingerprint density at radius 2 is 2.13 bits per heavy atom. The first kappa shape index (κ1) is 16.8. The van der Waals surface area contributed by atoms with Crippen LogP contribution < -0.4 is 0 Å². The molecule has 1 aliphatic heterocycles. The Morgan fingerprint density at radius 3 is 2.83 bits per heavy atom. The highest BCUT2D eigenvalue weighted by molar-refractivity contribution is 6.42. The molecule has 1 saturated heterocycles. The fourth-order valence-corrected chi connectivity index (χ4v) is 3.27. The topological polar surface area (TPSA) is 30.3 Å². The zero-order valence-corrected chi connectivity index (χ0v) is 14.9. The molecule has 0 radical (unpaired) electrons. The Bertz CT molecular complexity index is 686. The van der Waals surface area contributed by atoms with E-state index >= 15 is 0 Å². The van der Waals surface area contributed by atoms with Crippen LogP contribution in [-0.2, 0) is 17.8 Å². The van der Waals surface area contributed by atoms with E-state index in [-0.39, 0.29) is 6.10 Å². The zero-order chi connectivity index (χ0) is 16.4. The summed E-state index contributed by atoms with van der Waals surface area (Å²) in [5.74, 6) is 0. The SMILES string of the molecule is CCn1ncc(CN2CCO[C@H](c3ccc(Cl)c(Cl)c3)C2)c1C. The monoisotopic (exact) mass is 353 g/mol. The number of ether oxygens (including phenoxy) is 1. The van der Waals surface area contributed by atoms with Gasteiger partial charge in [-0.1, -0.05) is 29.3 Å². The highest BCUT2D eigenvalue weighted by atomic mass is 35.5. The van der Waals surface area contributed by atoms with Gasteiger partial charge in [-0.25, -0.2) is 0 Å². The normalized spacial score (nSPS) is 19.2. The molecule has 0 spiro atoms. The lowest BCUT2D eigenvalue weighted by Gasteiger charge is -2.33. The number of morpholine rings is 1. The van der Waals surface area contributed by atoms with E-state index in [1.165, 1.54) is 11.3 Å². The lowest BCUT2D eigenvalue weighted by molar-refractivity contribution is -0.0329. The third-order valence-corrected chi connectivity index (χ3v) is 5.10. The van der Waals surface area contributed by atoms with Crippen LogP contribution in [0.4, 0.5) is 0 Å². The zero-order valence-electron chi connectivity index (χ0n) is 13.4. The Kier molecular flexibility index (Phi) is 5.27. The predicted molar refractivity (Wildman–Crippen MR) is 93.1 cm³/mol. The van der Waals surface area contributed by atoms with E-state index in [1.54, 1.807) is 0 Å². The van der Waals surface area contributed by atoms with Crippen molar-refractivity contribution in [3.63, 3.8) is 0 Å². The Labute approximate surface area is 146 Å². The molecule has 1 atom stereocenters. The minimum Gasteiger partial charge on any atom is -0.371 e. The maximum Gasteiger partial charge on any atom is 0.0953 e. The van der Waals surface area contributed by atoms with Crippen LogP contribution in [0.25, 0.3) is 0 Å². The molecule has 1 fully saturated rings. The summed E-state index contributed by atoms with van der Waals surface area (Å²) in [6, 6.07) is 5.72. The fourth-order valence-electron chi connectivity index (χ4n) is 2.96. The molecule has 1 aromatic heterocycles. The summed E-state index contributed by atoms with van der Waals surface area (Å²) < 4.78 is 7.95. The molecule has 0 aliphatic carbocycles. The number of hydrogen-bond acceptors (Lipinski definition) is 3. The summed E-state index contributed by atoms with van der Waals surface area (Å²) in [7, 11) is 0. The van der Waals surface area contributed by atoms with E-state index in [0.717, 1.165) is 31.7 Å². The van der Waals surface area contributed by atoms with Gasteiger partial charge in [0.15, 0.2) is 0 Å². The molecular weight excluding hydrogens is 333 g/mol. The van der Waals surface area contributed by atoms with Crippen LogP contribution >= 0.6 is 23.2 Å². The maximum atomic E-state index is 6.13. The smallest absolute Gasteiger partial charge is 0.0953 e. The molecule has 23 heavy (non-hydrogen) atoms. The van der Waals surface area contributed by atoms with E-state index < -0.39 is 0 Å². The van der Waals surface area contributed by atoms with Crippen LogP contribution in [0.3, 0.4) is 0 Å². The van der Waals surface area contributed by atoms with Gasteiger partial charge in [-0.3, -0.25) is 9.58 Å². The molecule has 6 heteroatoms. The summed E-state index contributed by atoms with van der Waals surface area (Å²) >= 11 is 12.1. The van der Waals surface area contributed by atoms with Crippen molar-refractivity contribution in [1.82, 2.24) is 14.7 Å². The van der Waals surface area contributed by atoms with Crippen molar-refractivity contribution in [2.24, 2.45) is 0 Å². The average Bonchev–Trinajstić information content (AvgIpc) is 2.90. The van der Waals surface area contributed by atoms with E-state index in [0.29, 0.717) is 16.7 Å². The van der Waals surface area contributed by atoms with E-state index in [2.05, 4.69) is 23.8 Å². The second-order valence-corrected chi connectivity index (χ2v) is 6.65. The molecule has 0 amide bonds. The molecule has 2 aromatic rings. The molecule has 0 saturated carbocycles. The third-order valence-electron chi connectivity index (χ3n) is 4.36. The molecular formula is C17H21Cl2N3O. The molecule has 4 nitrogen and oxygen atoms in total. The number of nitrogens with zero attached hydrogens (tertiary/aromatic N) is 3. The highest BCUT2D eigenvalue weighted by Gasteiger charge is 2.23. The van der Waals surface area contributed by atoms with Crippen molar-refractivity contribution < 1.29 is 4.74 Å². The summed E-state index contributed by atoms with van der Waals surface area (Å²) in [4.78, 5) is 2.40. The van der Waals surface area contributed by atoms with Crippen LogP contribution in [0.1, 0.15) is 29.8 Å². The van der Waals surface area contributed by atoms with Crippen molar-refractivity contribution >= 4 is 23.2 Å². The lowest BCUT2D eigenvalue weighted by Crippen LogP contribution is -2.37. The van der Waals surface area contributed by atoms with Gasteiger partial charge in [0.2, 0.25) is 0 Å². The summed E-state index contributed by atoms with van der Waals surface area (Å²) in [6.07, 6.45) is 2.00. The molecule has 124 valence electrons. The second kappa shape index (κ2) is 7.22. The number of hydrogen-bond donors (Lipinski definition) is 0. The van der Waals surface area contributed by atoms with Gasteiger partial charge in [-0.2, -0.15) is 5.10 Å². The predicted octanol–water partition coefficient (Wildman–Crippen LogP) is 4.09. The van der Waals surface area contributed by atoms with Crippen LogP contribution in [0, 0.1) is 6.92 Å². The van der Waals surface area contributed by atoms with Gasteiger partial charge in [0.1, 0.15) is 0 Å². The van der Waals surface area contributed by atoms with Gasteiger partial charge in [0.25, 0.3) is 0 Å². The molecule has 0 N–H and O–H groups in total. The lowest BCUT2D eigenvalue weighted by atomic mass is 10.1. The van der Waals surface area contributed by atoms with Gasteiger partial charge >= 0.3 is 0 Å². The van der Waals surface area contributed by atoms with Crippen LogP contribution in [0.2, 0.25) is 10.0 Å². The van der Waals surface area contributed by atoms with Gasteiger partial charge in [-0.15, -0.1) is 0 Å². The van der Waals surface area contributed by atoms with E-state index in [9.17, 15) is 0 Å². The first-order valence-electron chi connectivity index (χ1n) is 7.88. The summed E-state index contributed by atoms with van der Waals surface area (Å²) in [6.45, 7) is 8.52. The van der Waals surface area contributed by atoms with Gasteiger partial charge < -0.3 is 4.74 Å². The van der Waals surface area contributed by atoms with Crippen LogP contribution in [0.5, 0.6) is 0 Å². The van der Waals surface area contributed by atoms with Crippen molar-refractivity contribution in [3.8, 4) is 0 Å². The number of rotatable bonds is 4. The number of benzene rings is 1. The maximum absolute atomic E-state index is 6.13. The first-order valence-corrected chi connectivity index (χ1v) is 8.64. The largest absolute Gasteiger partial charge is 0.371 e. The minimum absolute atomic E-state index is 0.0278. The number of aromatic nitrogens is 2. The van der Waals surface area contributed by atoms with Crippen molar-refractivity contribution in [2.75, 3.05) is 19.7 Å². The quantitative estimate of drug-likeness (QED) is 0.828. The van der Waals surface area contributed by atoms with Gasteiger partial charge in [0, 0.05) is 37.4 Å². The second-order valence-electron chi connectivity index (χ2n) is 5.84. The molecule has 1 aromatic carbocycles. The third kappa shape index (κ3) is 3.72. The Hall–Kier alpha value is -1.07.